The number of amides is 1. The van der Waals surface area contributed by atoms with E-state index in [1.165, 1.54) is 0 Å². The molecule has 4 rings (SSSR count). The molecule has 0 saturated carbocycles. The molecule has 1 amide bonds. The molecule has 0 spiro atoms. The lowest BCUT2D eigenvalue weighted by Crippen LogP contribution is -2.34. The van der Waals surface area contributed by atoms with Gasteiger partial charge in [-0.15, -0.1) is 0 Å². The molecular weight excluding hydrogens is 544 g/mol. The van der Waals surface area contributed by atoms with Crippen LogP contribution in [0.5, 0.6) is 5.75 Å². The summed E-state index contributed by atoms with van der Waals surface area (Å²) in [7, 11) is 3.51. The highest BCUT2D eigenvalue weighted by Gasteiger charge is 2.39. The van der Waals surface area contributed by atoms with Gasteiger partial charge >= 0.3 is 0 Å². The molecule has 0 fully saturated rings. The molecule has 2 aromatic carbocycles. The lowest BCUT2D eigenvalue weighted by molar-refractivity contribution is -0.117. The zero-order chi connectivity index (χ0) is 27.6. The molecule has 2 aromatic rings. The van der Waals surface area contributed by atoms with Crippen molar-refractivity contribution < 1.29 is 14.3 Å². The van der Waals surface area contributed by atoms with E-state index in [1.807, 2.05) is 49.2 Å². The summed E-state index contributed by atoms with van der Waals surface area (Å²) in [5.74, 6) is -0.0476. The number of allylic oxidation sites excluding steroid dienone is 4. The highest BCUT2D eigenvalue weighted by molar-refractivity contribution is 9.10. The Kier molecular flexibility index (Phi) is 8.27. The van der Waals surface area contributed by atoms with E-state index >= 15 is 0 Å². The van der Waals surface area contributed by atoms with E-state index in [9.17, 15) is 14.9 Å². The average Bonchev–Trinajstić information content (AvgIpc) is 2.87. The Morgan fingerprint density at radius 2 is 2.05 bits per heavy atom. The zero-order valence-electron chi connectivity index (χ0n) is 22.2. The SMILES string of the molecule is CCCC1CC(=O)C2=C(C1)NC(C)=C(C#N)C2c1cc(Br)c(N(C)Cc2cccc(OC)c2)c(C(N)=O)c1. The van der Waals surface area contributed by atoms with E-state index in [4.69, 9.17) is 10.5 Å². The van der Waals surface area contributed by atoms with Gasteiger partial charge in [-0.3, -0.25) is 9.59 Å². The fourth-order valence-electron chi connectivity index (χ4n) is 5.70. The Morgan fingerprint density at radius 3 is 2.71 bits per heavy atom. The van der Waals surface area contributed by atoms with Gasteiger partial charge in [-0.1, -0.05) is 25.5 Å². The van der Waals surface area contributed by atoms with E-state index in [2.05, 4.69) is 34.2 Å². The third-order valence-electron chi connectivity index (χ3n) is 7.35. The summed E-state index contributed by atoms with van der Waals surface area (Å²) in [6.45, 7) is 4.50. The Labute approximate surface area is 232 Å². The quantitative estimate of drug-likeness (QED) is 0.416. The number of nitrogens with zero attached hydrogens (tertiary/aromatic N) is 2. The number of nitrogens with two attached hydrogens (primary N) is 1. The second-order valence-electron chi connectivity index (χ2n) is 10.1. The van der Waals surface area contributed by atoms with Crippen molar-refractivity contribution in [2.24, 2.45) is 11.7 Å². The third-order valence-corrected chi connectivity index (χ3v) is 7.95. The van der Waals surface area contributed by atoms with Crippen LogP contribution in [0.4, 0.5) is 5.69 Å². The number of carbonyl (C=O) groups excluding carboxylic acids is 2. The first-order valence-corrected chi connectivity index (χ1v) is 13.6. The number of benzene rings is 2. The molecule has 0 bridgehead atoms. The molecule has 8 heteroatoms. The Morgan fingerprint density at radius 1 is 1.29 bits per heavy atom. The normalized spacial score (nSPS) is 19.0. The van der Waals surface area contributed by atoms with Gasteiger partial charge < -0.3 is 20.7 Å². The number of dihydropyridines is 1. The first-order chi connectivity index (χ1) is 18.2. The minimum Gasteiger partial charge on any atom is -0.497 e. The highest BCUT2D eigenvalue weighted by atomic mass is 79.9. The molecule has 38 heavy (non-hydrogen) atoms. The number of primary amides is 1. The molecule has 0 aromatic heterocycles. The molecule has 198 valence electrons. The van der Waals surface area contributed by atoms with Gasteiger partial charge in [0.05, 0.1) is 35.9 Å². The van der Waals surface area contributed by atoms with Crippen LogP contribution in [0.2, 0.25) is 0 Å². The van der Waals surface area contributed by atoms with E-state index in [0.717, 1.165) is 42.0 Å². The van der Waals surface area contributed by atoms with Crippen LogP contribution >= 0.6 is 15.9 Å². The van der Waals surface area contributed by atoms with Crippen molar-refractivity contribution in [2.45, 2.75) is 52.0 Å². The maximum Gasteiger partial charge on any atom is 0.250 e. The number of rotatable bonds is 8. The number of nitrogens with one attached hydrogen (secondary N) is 1. The van der Waals surface area contributed by atoms with Gasteiger partial charge in [-0.2, -0.15) is 5.26 Å². The molecule has 0 saturated heterocycles. The summed E-state index contributed by atoms with van der Waals surface area (Å²) < 4.78 is 6.01. The van der Waals surface area contributed by atoms with Gasteiger partial charge in [-0.25, -0.2) is 0 Å². The molecule has 1 aliphatic heterocycles. The number of anilines is 1. The average molecular weight is 578 g/mol. The number of methoxy groups -OCH3 is 1. The van der Waals surface area contributed by atoms with Crippen LogP contribution in [-0.4, -0.2) is 25.8 Å². The molecule has 2 aliphatic rings. The Hall–Kier alpha value is -3.57. The van der Waals surface area contributed by atoms with Crippen molar-refractivity contribution in [3.8, 4) is 11.8 Å². The number of nitriles is 1. The summed E-state index contributed by atoms with van der Waals surface area (Å²) in [5, 5.41) is 13.4. The van der Waals surface area contributed by atoms with E-state index < -0.39 is 11.8 Å². The van der Waals surface area contributed by atoms with Crippen LogP contribution in [-0.2, 0) is 11.3 Å². The highest BCUT2D eigenvalue weighted by Crippen LogP contribution is 2.45. The standard InChI is InChI=1S/C30H33BrN4O3/c1-5-7-18-11-25-28(26(36)12-18)27(23(15-32)17(2)34-25)20-13-22(30(33)37)29(24(31)14-20)35(3)16-19-8-6-9-21(10-19)38-4/h6,8-10,13-14,18,27,34H,5,7,11-12,16H2,1-4H3,(H2,33,37). The summed E-state index contributed by atoms with van der Waals surface area (Å²) in [6, 6.07) is 13.7. The molecule has 1 heterocycles. The number of hydrogen-bond donors (Lipinski definition) is 2. The van der Waals surface area contributed by atoms with Crippen LogP contribution < -0.4 is 20.7 Å². The monoisotopic (exact) mass is 576 g/mol. The fraction of sp³-hybridized carbons (Fsp3) is 0.367. The number of carbonyl (C=O) groups is 2. The van der Waals surface area contributed by atoms with Gasteiger partial charge in [-0.05, 0) is 77.0 Å². The second-order valence-corrected chi connectivity index (χ2v) is 10.9. The van der Waals surface area contributed by atoms with E-state index in [1.54, 1.807) is 13.2 Å². The van der Waals surface area contributed by atoms with Crippen molar-refractivity contribution in [1.29, 1.82) is 5.26 Å². The largest absolute Gasteiger partial charge is 0.497 e. The third kappa shape index (κ3) is 5.34. The number of halogens is 1. The van der Waals surface area contributed by atoms with Crippen molar-refractivity contribution in [3.63, 3.8) is 0 Å². The van der Waals surface area contributed by atoms with Crippen molar-refractivity contribution in [3.05, 3.63) is 80.1 Å². The maximum atomic E-state index is 13.4. The predicted octanol–water partition coefficient (Wildman–Crippen LogP) is 5.71. The summed E-state index contributed by atoms with van der Waals surface area (Å²) in [4.78, 5) is 28.1. The van der Waals surface area contributed by atoms with Crippen LogP contribution in [0.1, 0.15) is 66.9 Å². The smallest absolute Gasteiger partial charge is 0.250 e. The Bertz CT molecular complexity index is 1390. The van der Waals surface area contributed by atoms with Gasteiger partial charge in [0, 0.05) is 41.5 Å². The number of ketones is 1. The van der Waals surface area contributed by atoms with Gasteiger partial charge in [0.25, 0.3) is 5.91 Å². The topological polar surface area (TPSA) is 108 Å². The van der Waals surface area contributed by atoms with Crippen molar-refractivity contribution in [1.82, 2.24) is 5.32 Å². The number of hydrogen-bond acceptors (Lipinski definition) is 6. The molecule has 7 nitrogen and oxygen atoms in total. The molecule has 0 radical (unpaired) electrons. The van der Waals surface area contributed by atoms with E-state index in [0.29, 0.717) is 45.4 Å². The minimum atomic E-state index is -0.583. The van der Waals surface area contributed by atoms with Crippen molar-refractivity contribution in [2.75, 3.05) is 19.1 Å². The minimum absolute atomic E-state index is 0.0541. The van der Waals surface area contributed by atoms with Gasteiger partial charge in [0.1, 0.15) is 5.75 Å². The van der Waals surface area contributed by atoms with Crippen LogP contribution in [0.15, 0.2) is 63.4 Å². The number of Topliss-reactive ketones (excluding diaryl/α,β-unsaturated/α-hetero) is 1. The fourth-order valence-corrected chi connectivity index (χ4v) is 6.48. The first kappa shape index (κ1) is 27.5. The second kappa shape index (κ2) is 11.4. The van der Waals surface area contributed by atoms with E-state index in [-0.39, 0.29) is 11.7 Å². The molecule has 2 unspecified atom stereocenters. The Balaban J connectivity index is 1.79. The zero-order valence-corrected chi connectivity index (χ0v) is 23.8. The van der Waals surface area contributed by atoms with Crippen LogP contribution in [0.25, 0.3) is 0 Å². The molecule has 1 aliphatic carbocycles. The van der Waals surface area contributed by atoms with Crippen molar-refractivity contribution >= 4 is 33.3 Å². The summed E-state index contributed by atoms with van der Waals surface area (Å²) in [5.41, 5.74) is 11.3. The lowest BCUT2D eigenvalue weighted by atomic mass is 9.72. The van der Waals surface area contributed by atoms with Crippen LogP contribution in [0.3, 0.4) is 0 Å². The maximum absolute atomic E-state index is 13.4. The molecular formula is C30H33BrN4O3. The summed E-state index contributed by atoms with van der Waals surface area (Å²) >= 11 is 3.68. The van der Waals surface area contributed by atoms with Gasteiger partial charge in [0.15, 0.2) is 5.78 Å². The molecule has 2 atom stereocenters. The number of ether oxygens (including phenoxy) is 1. The molecule has 3 N–H and O–H groups in total. The predicted molar refractivity (Wildman–Crippen MR) is 152 cm³/mol. The van der Waals surface area contributed by atoms with Gasteiger partial charge in [0.2, 0.25) is 0 Å². The first-order valence-electron chi connectivity index (χ1n) is 12.8. The lowest BCUT2D eigenvalue weighted by Gasteiger charge is -2.36. The summed E-state index contributed by atoms with van der Waals surface area (Å²) in [6.07, 6.45) is 3.23. The van der Waals surface area contributed by atoms with Crippen LogP contribution in [0, 0.1) is 17.2 Å².